The van der Waals surface area contributed by atoms with Crippen LogP contribution in [0.3, 0.4) is 0 Å². The van der Waals surface area contributed by atoms with E-state index < -0.39 is 16.5 Å². The van der Waals surface area contributed by atoms with Crippen molar-refractivity contribution in [2.24, 2.45) is 5.92 Å². The van der Waals surface area contributed by atoms with Gasteiger partial charge in [-0.2, -0.15) is 0 Å². The molecule has 2 unspecified atom stereocenters. The minimum absolute atomic E-state index is 0.359. The van der Waals surface area contributed by atoms with Crippen LogP contribution in [0.1, 0.15) is 39.5 Å². The maximum absolute atomic E-state index is 9.44. The van der Waals surface area contributed by atoms with Crippen LogP contribution in [0.4, 0.5) is 0 Å². The van der Waals surface area contributed by atoms with E-state index in [0.717, 1.165) is 12.3 Å². The zero-order valence-corrected chi connectivity index (χ0v) is 11.7. The summed E-state index contributed by atoms with van der Waals surface area (Å²) in [7, 11) is -6.40. The first-order valence-electron chi connectivity index (χ1n) is 5.14. The largest absolute Gasteiger partial charge is 0.396 e. The van der Waals surface area contributed by atoms with Gasteiger partial charge in [0.15, 0.2) is 0 Å². The molecule has 6 nitrogen and oxygen atoms in total. The molecule has 0 radical (unpaired) electrons. The molecule has 0 heterocycles. The van der Waals surface area contributed by atoms with E-state index in [1.807, 2.05) is 0 Å². The van der Waals surface area contributed by atoms with Gasteiger partial charge in [0.05, 0.1) is 0 Å². The average molecular weight is 276 g/mol. The Kier molecular flexibility index (Phi) is 15.6. The topological polar surface area (TPSA) is 104 Å². The molecule has 3 N–H and O–H groups in total. The Morgan fingerprint density at radius 2 is 1.56 bits per heavy atom. The lowest BCUT2D eigenvalue weighted by molar-refractivity contribution is 0.281. The van der Waals surface area contributed by atoms with Crippen LogP contribution in [0, 0.1) is 5.92 Å². The second-order valence-electron chi connectivity index (χ2n) is 3.60. The van der Waals surface area contributed by atoms with E-state index in [1.54, 1.807) is 0 Å². The summed E-state index contributed by atoms with van der Waals surface area (Å²) >= 11 is 0. The summed E-state index contributed by atoms with van der Waals surface area (Å²) in [6.07, 6.45) is 4.75. The van der Waals surface area contributed by atoms with Crippen molar-refractivity contribution in [1.29, 1.82) is 0 Å². The first-order chi connectivity index (χ1) is 7.40. The highest BCUT2D eigenvalue weighted by Gasteiger charge is 1.93. The van der Waals surface area contributed by atoms with Crippen LogP contribution in [0.2, 0.25) is 0 Å². The summed E-state index contributed by atoms with van der Waals surface area (Å²) in [5.41, 5.74) is 0. The Morgan fingerprint density at radius 3 is 1.81 bits per heavy atom. The Balaban J connectivity index is 0. The fourth-order valence-corrected chi connectivity index (χ4v) is 1.51. The normalized spacial score (nSPS) is 14.1. The van der Waals surface area contributed by atoms with Crippen molar-refractivity contribution in [3.05, 3.63) is 0 Å². The van der Waals surface area contributed by atoms with Gasteiger partial charge in [0.2, 0.25) is 0 Å². The molecule has 8 heteroatoms. The molecule has 0 rings (SSSR count). The van der Waals surface area contributed by atoms with E-state index in [0.29, 0.717) is 6.61 Å². The molecule has 0 aliphatic carbocycles. The van der Waals surface area contributed by atoms with Gasteiger partial charge >= 0.3 is 16.5 Å². The molecule has 0 spiro atoms. The second-order valence-corrected chi connectivity index (χ2v) is 5.48. The van der Waals surface area contributed by atoms with Crippen molar-refractivity contribution < 1.29 is 28.3 Å². The highest BCUT2D eigenvalue weighted by Crippen LogP contribution is 2.30. The molecule has 0 aromatic rings. The van der Waals surface area contributed by atoms with Crippen LogP contribution in [0.5, 0.6) is 0 Å². The van der Waals surface area contributed by atoms with Gasteiger partial charge in [-0.3, -0.25) is 9.13 Å². The Bertz CT molecular complexity index is 185. The average Bonchev–Trinajstić information content (AvgIpc) is 2.11. The van der Waals surface area contributed by atoms with Crippen molar-refractivity contribution >= 4 is 16.5 Å². The molecule has 0 aliphatic heterocycles. The molecule has 0 amide bonds. The van der Waals surface area contributed by atoms with Crippen molar-refractivity contribution in [3.8, 4) is 0 Å². The maximum atomic E-state index is 9.44. The molecule has 0 aromatic carbocycles. The summed E-state index contributed by atoms with van der Waals surface area (Å²) in [5, 5.41) is 8.43. The quantitative estimate of drug-likeness (QED) is 0.485. The van der Waals surface area contributed by atoms with Crippen LogP contribution in [-0.2, 0) is 13.4 Å². The molecule has 16 heavy (non-hydrogen) atoms. The monoisotopic (exact) mass is 276 g/mol. The van der Waals surface area contributed by atoms with E-state index in [2.05, 4.69) is 18.2 Å². The van der Waals surface area contributed by atoms with Gasteiger partial charge in [-0.1, -0.05) is 33.1 Å². The zero-order chi connectivity index (χ0) is 13.0. The van der Waals surface area contributed by atoms with Gasteiger partial charge in [0, 0.05) is 6.61 Å². The third kappa shape index (κ3) is 23.8. The Labute approximate surface area is 97.6 Å². The number of rotatable bonds is 7. The van der Waals surface area contributed by atoms with Gasteiger partial charge in [-0.15, -0.1) is 0 Å². The SMILES string of the molecule is CC(C)CCCCCO.O=[PH](O)O[PH](=O)O. The number of aliphatic hydroxyl groups excluding tert-OH is 1. The molecule has 0 bridgehead atoms. The predicted octanol–water partition coefficient (Wildman–Crippen LogP) is 1.96. The maximum Gasteiger partial charge on any atom is 0.323 e. The van der Waals surface area contributed by atoms with Gasteiger partial charge in [-0.25, -0.2) is 4.31 Å². The molecule has 2 atom stereocenters. The van der Waals surface area contributed by atoms with Gasteiger partial charge in [0.1, 0.15) is 0 Å². The van der Waals surface area contributed by atoms with Crippen molar-refractivity contribution in [2.45, 2.75) is 39.5 Å². The third-order valence-corrected chi connectivity index (χ3v) is 3.01. The number of unbranched alkanes of at least 4 members (excludes halogenated alkanes) is 2. The number of aliphatic hydroxyl groups is 1. The molecule has 100 valence electrons. The van der Waals surface area contributed by atoms with Crippen molar-refractivity contribution in [1.82, 2.24) is 0 Å². The lowest BCUT2D eigenvalue weighted by atomic mass is 10.1. The smallest absolute Gasteiger partial charge is 0.323 e. The van der Waals surface area contributed by atoms with E-state index in [9.17, 15) is 9.13 Å². The number of hydrogen-bond acceptors (Lipinski definition) is 4. The lowest BCUT2D eigenvalue weighted by Crippen LogP contribution is -1.88. The molecule has 0 fully saturated rings. The molecule has 0 aromatic heterocycles. The summed E-state index contributed by atoms with van der Waals surface area (Å²) in [5.74, 6) is 0.823. The minimum Gasteiger partial charge on any atom is -0.396 e. The van der Waals surface area contributed by atoms with Gasteiger partial charge in [-0.05, 0) is 12.3 Å². The highest BCUT2D eigenvalue weighted by atomic mass is 31.2. The van der Waals surface area contributed by atoms with Crippen LogP contribution in [0.25, 0.3) is 0 Å². The molecule has 0 aliphatic rings. The van der Waals surface area contributed by atoms with Crippen LogP contribution in [-0.4, -0.2) is 21.5 Å². The molecule has 0 saturated heterocycles. The highest BCUT2D eigenvalue weighted by molar-refractivity contribution is 7.46. The lowest BCUT2D eigenvalue weighted by Gasteiger charge is -2.01. The first-order valence-corrected chi connectivity index (χ1v) is 7.67. The van der Waals surface area contributed by atoms with Crippen molar-refractivity contribution in [3.63, 3.8) is 0 Å². The number of hydrogen-bond donors (Lipinski definition) is 3. The van der Waals surface area contributed by atoms with E-state index in [1.165, 1.54) is 19.3 Å². The molecule has 0 saturated carbocycles. The van der Waals surface area contributed by atoms with Crippen LogP contribution >= 0.6 is 16.5 Å². The summed E-state index contributed by atoms with van der Waals surface area (Å²) in [6.45, 7) is 4.83. The minimum atomic E-state index is -3.20. The van der Waals surface area contributed by atoms with E-state index >= 15 is 0 Å². The summed E-state index contributed by atoms with van der Waals surface area (Å²) in [4.78, 5) is 15.4. The fourth-order valence-electron chi connectivity index (χ4n) is 0.916. The van der Waals surface area contributed by atoms with Gasteiger partial charge in [0.25, 0.3) is 0 Å². The molecular weight excluding hydrogens is 254 g/mol. The zero-order valence-electron chi connectivity index (χ0n) is 9.68. The summed E-state index contributed by atoms with van der Waals surface area (Å²) < 4.78 is 22.3. The standard InChI is InChI=1S/C8H18O.H4O5P2/c1-8(2)6-4-3-5-7-9;1-6(2)5-7(3)4/h8-9H,3-7H2,1-2H3;6-7H,(H,1,2)(H,3,4). The third-order valence-electron chi connectivity index (χ3n) is 1.61. The van der Waals surface area contributed by atoms with Crippen LogP contribution in [0.15, 0.2) is 0 Å². The Hall–Kier alpha value is 0.300. The van der Waals surface area contributed by atoms with Gasteiger partial charge < -0.3 is 14.9 Å². The van der Waals surface area contributed by atoms with E-state index in [4.69, 9.17) is 14.9 Å². The summed E-state index contributed by atoms with van der Waals surface area (Å²) in [6, 6.07) is 0. The van der Waals surface area contributed by atoms with Crippen LogP contribution < -0.4 is 0 Å². The predicted molar refractivity (Wildman–Crippen MR) is 63.9 cm³/mol. The van der Waals surface area contributed by atoms with Crippen molar-refractivity contribution in [2.75, 3.05) is 6.61 Å². The Morgan fingerprint density at radius 1 is 1.06 bits per heavy atom. The first kappa shape index (κ1) is 18.7. The fraction of sp³-hybridized carbons (Fsp3) is 1.00. The van der Waals surface area contributed by atoms with E-state index in [-0.39, 0.29) is 0 Å². The molecular formula is C8H22O6P2. The second kappa shape index (κ2) is 13.4.